The van der Waals surface area contributed by atoms with Gasteiger partial charge in [0.15, 0.2) is 0 Å². The summed E-state index contributed by atoms with van der Waals surface area (Å²) < 4.78 is 29.7. The number of carbonyl (C=O) groups is 2. The fourth-order valence-corrected chi connectivity index (χ4v) is 6.22. The van der Waals surface area contributed by atoms with Crippen LogP contribution in [0.1, 0.15) is 43.4 Å². The highest BCUT2D eigenvalue weighted by Gasteiger charge is 2.33. The van der Waals surface area contributed by atoms with E-state index in [2.05, 4.69) is 21.2 Å². The minimum Gasteiger partial charge on any atom is -0.354 e. The van der Waals surface area contributed by atoms with Crippen LogP contribution in [0.2, 0.25) is 0 Å². The number of hydrogen-bond donors (Lipinski definition) is 1. The van der Waals surface area contributed by atoms with Crippen molar-refractivity contribution >= 4 is 43.5 Å². The normalized spacial score (nSPS) is 12.0. The van der Waals surface area contributed by atoms with Crippen molar-refractivity contribution in [1.29, 1.82) is 0 Å². The van der Waals surface area contributed by atoms with Crippen molar-refractivity contribution in [3.8, 4) is 0 Å². The average Bonchev–Trinajstić information content (AvgIpc) is 2.91. The zero-order chi connectivity index (χ0) is 28.6. The Balaban J connectivity index is 2.02. The summed E-state index contributed by atoms with van der Waals surface area (Å²) in [6.07, 6.45) is 1.76. The zero-order valence-corrected chi connectivity index (χ0v) is 25.3. The lowest BCUT2D eigenvalue weighted by atomic mass is 10.1. The van der Waals surface area contributed by atoms with Crippen LogP contribution in [-0.2, 0) is 26.2 Å². The molecule has 3 aromatic carbocycles. The van der Waals surface area contributed by atoms with Crippen molar-refractivity contribution in [1.82, 2.24) is 10.2 Å². The highest BCUT2D eigenvalue weighted by Crippen LogP contribution is 2.28. The summed E-state index contributed by atoms with van der Waals surface area (Å²) in [6, 6.07) is 20.2. The molecular formula is C30H36BrN3O4S. The molecule has 3 aromatic rings. The Morgan fingerprint density at radius 3 is 2.33 bits per heavy atom. The van der Waals surface area contributed by atoms with Crippen molar-refractivity contribution < 1.29 is 18.0 Å². The SMILES string of the molecule is CCCCNC(=O)C(C)N(Cc1cccc(Br)c1)C(=O)CN(c1ccc(C)cc1C)S(=O)(=O)c1ccccc1. The van der Waals surface area contributed by atoms with Crippen LogP contribution in [0.4, 0.5) is 5.69 Å². The number of halogens is 1. The number of rotatable bonds is 12. The third-order valence-corrected chi connectivity index (χ3v) is 8.74. The largest absolute Gasteiger partial charge is 0.354 e. The Kier molecular flexibility index (Phi) is 10.7. The standard InChI is InChI=1S/C30H36BrN3O4S/c1-5-6-17-32-30(36)24(4)33(20-25-11-10-12-26(31)19-25)29(35)21-34(28-16-15-22(2)18-23(28)3)39(37,38)27-13-8-7-9-14-27/h7-16,18-19,24H,5-6,17,20-21H2,1-4H3,(H,32,36). The van der Waals surface area contributed by atoms with Crippen LogP contribution in [0.3, 0.4) is 0 Å². The molecule has 7 nitrogen and oxygen atoms in total. The van der Waals surface area contributed by atoms with E-state index >= 15 is 0 Å². The first kappa shape index (κ1) is 30.4. The summed E-state index contributed by atoms with van der Waals surface area (Å²) in [7, 11) is -4.08. The number of nitrogens with zero attached hydrogens (tertiary/aromatic N) is 2. The van der Waals surface area contributed by atoms with Crippen molar-refractivity contribution in [3.63, 3.8) is 0 Å². The maximum atomic E-state index is 14.0. The van der Waals surface area contributed by atoms with E-state index in [4.69, 9.17) is 0 Å². The molecule has 0 saturated heterocycles. The molecule has 1 N–H and O–H groups in total. The van der Waals surface area contributed by atoms with E-state index < -0.39 is 28.5 Å². The lowest BCUT2D eigenvalue weighted by Gasteiger charge is -2.32. The molecule has 0 heterocycles. The van der Waals surface area contributed by atoms with Gasteiger partial charge in [0.1, 0.15) is 12.6 Å². The van der Waals surface area contributed by atoms with Crippen molar-refractivity contribution in [2.75, 3.05) is 17.4 Å². The first-order valence-corrected chi connectivity index (χ1v) is 15.2. The van der Waals surface area contributed by atoms with Crippen LogP contribution >= 0.6 is 15.9 Å². The number of unbranched alkanes of at least 4 members (excludes halogenated alkanes) is 1. The topological polar surface area (TPSA) is 86.8 Å². The smallest absolute Gasteiger partial charge is 0.264 e. The molecule has 3 rings (SSSR count). The number of carbonyl (C=O) groups excluding carboxylic acids is 2. The Labute approximate surface area is 240 Å². The van der Waals surface area contributed by atoms with Crippen LogP contribution < -0.4 is 9.62 Å². The Hall–Kier alpha value is -3.17. The van der Waals surface area contributed by atoms with E-state index in [1.165, 1.54) is 17.0 Å². The van der Waals surface area contributed by atoms with Crippen LogP contribution in [0, 0.1) is 13.8 Å². The van der Waals surface area contributed by atoms with Crippen molar-refractivity contribution in [2.45, 2.75) is 58.0 Å². The molecule has 0 spiro atoms. The van der Waals surface area contributed by atoms with Crippen molar-refractivity contribution in [3.05, 3.63) is 94.0 Å². The van der Waals surface area contributed by atoms with Gasteiger partial charge in [0, 0.05) is 17.6 Å². The lowest BCUT2D eigenvalue weighted by molar-refractivity contribution is -0.139. The van der Waals surface area contributed by atoms with Gasteiger partial charge >= 0.3 is 0 Å². The fourth-order valence-electron chi connectivity index (χ4n) is 4.27. The van der Waals surface area contributed by atoms with Gasteiger partial charge in [-0.05, 0) is 68.7 Å². The van der Waals surface area contributed by atoms with E-state index in [9.17, 15) is 18.0 Å². The van der Waals surface area contributed by atoms with E-state index in [1.807, 2.05) is 57.2 Å². The number of aryl methyl sites for hydroxylation is 2. The van der Waals surface area contributed by atoms with Crippen LogP contribution in [-0.4, -0.2) is 44.3 Å². The predicted molar refractivity (Wildman–Crippen MR) is 159 cm³/mol. The number of hydrogen-bond acceptors (Lipinski definition) is 4. The molecule has 0 aliphatic rings. The molecule has 0 fully saturated rings. The first-order chi connectivity index (χ1) is 18.5. The highest BCUT2D eigenvalue weighted by atomic mass is 79.9. The molecule has 2 amide bonds. The number of anilines is 1. The molecule has 0 aromatic heterocycles. The van der Waals surface area contributed by atoms with Gasteiger partial charge in [0.05, 0.1) is 10.6 Å². The van der Waals surface area contributed by atoms with Crippen molar-refractivity contribution in [2.24, 2.45) is 0 Å². The van der Waals surface area contributed by atoms with Gasteiger partial charge in [-0.2, -0.15) is 0 Å². The van der Waals surface area contributed by atoms with Crippen LogP contribution in [0.5, 0.6) is 0 Å². The van der Waals surface area contributed by atoms with Gasteiger partial charge in [-0.1, -0.05) is 77.3 Å². The van der Waals surface area contributed by atoms with Crippen LogP contribution in [0.25, 0.3) is 0 Å². The second kappa shape index (κ2) is 13.8. The summed E-state index contributed by atoms with van der Waals surface area (Å²) in [5.74, 6) is -0.761. The Morgan fingerprint density at radius 2 is 1.69 bits per heavy atom. The molecular weight excluding hydrogens is 578 g/mol. The third-order valence-electron chi connectivity index (χ3n) is 6.47. The van der Waals surface area contributed by atoms with Crippen LogP contribution in [0.15, 0.2) is 82.2 Å². The zero-order valence-electron chi connectivity index (χ0n) is 22.9. The molecule has 208 valence electrons. The molecule has 0 aliphatic carbocycles. The third kappa shape index (κ3) is 7.92. The monoisotopic (exact) mass is 613 g/mol. The van der Waals surface area contributed by atoms with Gasteiger partial charge in [-0.25, -0.2) is 8.42 Å². The second-order valence-electron chi connectivity index (χ2n) is 9.59. The van der Waals surface area contributed by atoms with E-state index in [1.54, 1.807) is 31.2 Å². The lowest BCUT2D eigenvalue weighted by Crippen LogP contribution is -2.51. The number of benzene rings is 3. The number of amides is 2. The van der Waals surface area contributed by atoms with Gasteiger partial charge in [0.2, 0.25) is 11.8 Å². The summed E-state index contributed by atoms with van der Waals surface area (Å²) in [6.45, 7) is 7.65. The molecule has 39 heavy (non-hydrogen) atoms. The summed E-state index contributed by atoms with van der Waals surface area (Å²) >= 11 is 3.46. The molecule has 1 atom stereocenters. The average molecular weight is 615 g/mol. The van der Waals surface area contributed by atoms with Gasteiger partial charge < -0.3 is 10.2 Å². The maximum absolute atomic E-state index is 14.0. The maximum Gasteiger partial charge on any atom is 0.264 e. The van der Waals surface area contributed by atoms with Gasteiger partial charge in [0.25, 0.3) is 10.0 Å². The van der Waals surface area contributed by atoms with E-state index in [0.29, 0.717) is 12.2 Å². The Bertz CT molecular complexity index is 1400. The van der Waals surface area contributed by atoms with E-state index in [0.717, 1.165) is 38.3 Å². The molecule has 0 bridgehead atoms. The molecule has 0 radical (unpaired) electrons. The number of sulfonamides is 1. The van der Waals surface area contributed by atoms with Gasteiger partial charge in [-0.3, -0.25) is 13.9 Å². The minimum atomic E-state index is -4.08. The Morgan fingerprint density at radius 1 is 0.974 bits per heavy atom. The molecule has 1 unspecified atom stereocenters. The summed E-state index contributed by atoms with van der Waals surface area (Å²) in [4.78, 5) is 28.5. The molecule has 0 saturated carbocycles. The summed E-state index contributed by atoms with van der Waals surface area (Å²) in [5, 5.41) is 2.90. The summed E-state index contributed by atoms with van der Waals surface area (Å²) in [5.41, 5.74) is 2.94. The highest BCUT2D eigenvalue weighted by molar-refractivity contribution is 9.10. The predicted octanol–water partition coefficient (Wildman–Crippen LogP) is 5.59. The molecule has 0 aliphatic heterocycles. The van der Waals surface area contributed by atoms with E-state index in [-0.39, 0.29) is 17.3 Å². The molecule has 9 heteroatoms. The fraction of sp³-hybridized carbons (Fsp3) is 0.333. The quantitative estimate of drug-likeness (QED) is 0.270. The van der Waals surface area contributed by atoms with Gasteiger partial charge in [-0.15, -0.1) is 0 Å². The number of nitrogens with one attached hydrogen (secondary N) is 1. The second-order valence-corrected chi connectivity index (χ2v) is 12.4. The first-order valence-electron chi connectivity index (χ1n) is 13.0. The minimum absolute atomic E-state index is 0.0849.